The van der Waals surface area contributed by atoms with E-state index in [-0.39, 0.29) is 11.7 Å². The van der Waals surface area contributed by atoms with Crippen molar-refractivity contribution in [3.63, 3.8) is 0 Å². The van der Waals surface area contributed by atoms with Crippen molar-refractivity contribution in [3.05, 3.63) is 35.9 Å². The Bertz CT molecular complexity index is 600. The molecular formula is C16H21ClF3N3O2+2. The fraction of sp³-hybridized carbons (Fsp3) is 0.438. The number of nitrogens with one attached hydrogen (secondary N) is 3. The highest BCUT2D eigenvalue weighted by molar-refractivity contribution is 6.29. The Morgan fingerprint density at radius 1 is 1.12 bits per heavy atom. The third-order valence-corrected chi connectivity index (χ3v) is 4.02. The van der Waals surface area contributed by atoms with Crippen LogP contribution in [0.5, 0.6) is 5.75 Å². The van der Waals surface area contributed by atoms with Crippen molar-refractivity contribution in [2.24, 2.45) is 0 Å². The van der Waals surface area contributed by atoms with Crippen molar-refractivity contribution < 1.29 is 32.5 Å². The first kappa shape index (κ1) is 19.6. The molecule has 3 N–H and O–H groups in total. The average Bonchev–Trinajstić information content (AvgIpc) is 2.49. The van der Waals surface area contributed by atoms with E-state index in [2.05, 4.69) is 16.6 Å². The summed E-state index contributed by atoms with van der Waals surface area (Å²) >= 11 is 5.81. The van der Waals surface area contributed by atoms with Crippen LogP contribution in [0, 0.1) is 0 Å². The number of hydrogen-bond acceptors (Lipinski definition) is 2. The summed E-state index contributed by atoms with van der Waals surface area (Å²) in [5, 5.41) is 3.32. The fourth-order valence-electron chi connectivity index (χ4n) is 2.75. The van der Waals surface area contributed by atoms with E-state index in [1.54, 1.807) is 0 Å². The number of anilines is 1. The topological polar surface area (TPSA) is 47.2 Å². The lowest BCUT2D eigenvalue weighted by Gasteiger charge is -2.29. The Labute approximate surface area is 149 Å². The highest BCUT2D eigenvalue weighted by atomic mass is 35.5. The highest BCUT2D eigenvalue weighted by Gasteiger charge is 2.31. The molecule has 1 heterocycles. The highest BCUT2D eigenvalue weighted by Crippen LogP contribution is 2.23. The maximum atomic E-state index is 12.1. The molecule has 1 saturated heterocycles. The van der Waals surface area contributed by atoms with E-state index in [1.165, 1.54) is 21.9 Å². The molecule has 0 saturated carbocycles. The van der Waals surface area contributed by atoms with Crippen LogP contribution in [0.2, 0.25) is 0 Å². The number of rotatable bonds is 6. The molecule has 25 heavy (non-hydrogen) atoms. The molecule has 9 heteroatoms. The van der Waals surface area contributed by atoms with E-state index < -0.39 is 6.36 Å². The molecule has 1 amide bonds. The normalized spacial score (nSPS) is 20.8. The standard InChI is InChI=1S/C16H19ClF3N3O2/c1-12(17)10-22-6-8-23(9-7-22)11-15(24)21-13-2-4-14(5-3-13)25-16(18,19)20/h2-5H,1,6-11H2,(H,21,24)/p+2. The number of ether oxygens (including phenoxy) is 1. The van der Waals surface area contributed by atoms with Crippen LogP contribution in [0.3, 0.4) is 0 Å². The average molecular weight is 380 g/mol. The minimum absolute atomic E-state index is 0.176. The lowest BCUT2D eigenvalue weighted by molar-refractivity contribution is -1.01. The summed E-state index contributed by atoms with van der Waals surface area (Å²) in [6.07, 6.45) is -4.73. The molecule has 0 spiro atoms. The smallest absolute Gasteiger partial charge is 0.406 e. The zero-order chi connectivity index (χ0) is 18.4. The van der Waals surface area contributed by atoms with Crippen LogP contribution < -0.4 is 19.9 Å². The molecule has 0 aliphatic carbocycles. The molecule has 1 aliphatic heterocycles. The van der Waals surface area contributed by atoms with E-state index >= 15 is 0 Å². The molecule has 0 bridgehead atoms. The van der Waals surface area contributed by atoms with E-state index in [0.717, 1.165) is 44.9 Å². The third kappa shape index (κ3) is 7.33. The molecule has 0 atom stereocenters. The Kier molecular flexibility index (Phi) is 6.69. The van der Waals surface area contributed by atoms with Crippen LogP contribution in [0.25, 0.3) is 0 Å². The zero-order valence-electron chi connectivity index (χ0n) is 13.6. The van der Waals surface area contributed by atoms with Crippen LogP contribution in [0.4, 0.5) is 18.9 Å². The molecule has 1 fully saturated rings. The summed E-state index contributed by atoms with van der Waals surface area (Å²) in [6.45, 7) is 8.27. The van der Waals surface area contributed by atoms with Crippen LogP contribution >= 0.6 is 11.6 Å². The van der Waals surface area contributed by atoms with Gasteiger partial charge in [0.2, 0.25) is 0 Å². The van der Waals surface area contributed by atoms with E-state index in [4.69, 9.17) is 11.6 Å². The molecule has 2 rings (SSSR count). The first-order valence-electron chi connectivity index (χ1n) is 7.87. The van der Waals surface area contributed by atoms with Crippen molar-refractivity contribution >= 4 is 23.2 Å². The second-order valence-corrected chi connectivity index (χ2v) is 6.53. The number of halogens is 4. The molecule has 0 radical (unpaired) electrons. The van der Waals surface area contributed by atoms with Crippen molar-refractivity contribution in [3.8, 4) is 5.75 Å². The van der Waals surface area contributed by atoms with Gasteiger partial charge in [-0.25, -0.2) is 0 Å². The second kappa shape index (κ2) is 8.55. The van der Waals surface area contributed by atoms with Gasteiger partial charge in [-0.2, -0.15) is 0 Å². The number of alkyl halides is 3. The lowest BCUT2D eigenvalue weighted by atomic mass is 10.3. The molecule has 0 aromatic heterocycles. The van der Waals surface area contributed by atoms with Gasteiger partial charge >= 0.3 is 6.36 Å². The summed E-state index contributed by atoms with van der Waals surface area (Å²) in [7, 11) is 0. The third-order valence-electron chi connectivity index (χ3n) is 3.89. The van der Waals surface area contributed by atoms with E-state index in [1.807, 2.05) is 0 Å². The Morgan fingerprint density at radius 3 is 2.12 bits per heavy atom. The first-order chi connectivity index (χ1) is 11.7. The second-order valence-electron chi connectivity index (χ2n) is 5.99. The number of piperazine rings is 1. The Morgan fingerprint density at radius 2 is 1.64 bits per heavy atom. The lowest BCUT2D eigenvalue weighted by Crippen LogP contribution is -3.28. The number of carbonyl (C=O) groups is 1. The first-order valence-corrected chi connectivity index (χ1v) is 8.25. The van der Waals surface area contributed by atoms with Gasteiger partial charge in [-0.1, -0.05) is 18.2 Å². The number of benzene rings is 1. The molecule has 1 aliphatic rings. The Hall–Kier alpha value is -1.77. The maximum absolute atomic E-state index is 12.1. The minimum Gasteiger partial charge on any atom is -0.406 e. The number of carbonyl (C=O) groups excluding carboxylic acids is 1. The van der Waals surface area contributed by atoms with Gasteiger partial charge in [0.1, 0.15) is 38.5 Å². The van der Waals surface area contributed by atoms with E-state index in [0.29, 0.717) is 17.3 Å². The minimum atomic E-state index is -4.73. The SMILES string of the molecule is C=C(Cl)C[NH+]1CC[NH+](CC(=O)Nc2ccc(OC(F)(F)F)cc2)CC1. The van der Waals surface area contributed by atoms with E-state index in [9.17, 15) is 18.0 Å². The number of amides is 1. The van der Waals surface area contributed by atoms with Gasteiger partial charge in [0.25, 0.3) is 5.91 Å². The van der Waals surface area contributed by atoms with Crippen molar-refractivity contribution in [1.29, 1.82) is 0 Å². The predicted octanol–water partition coefficient (Wildman–Crippen LogP) is 0.0596. The molecule has 1 aromatic carbocycles. The van der Waals surface area contributed by atoms with Gasteiger partial charge in [-0.3, -0.25) is 4.79 Å². The number of quaternary nitrogens is 2. The predicted molar refractivity (Wildman–Crippen MR) is 87.9 cm³/mol. The molecule has 0 unspecified atom stereocenters. The Balaban J connectivity index is 1.76. The quantitative estimate of drug-likeness (QED) is 0.654. The van der Waals surface area contributed by atoms with Gasteiger partial charge in [-0.15, -0.1) is 13.2 Å². The van der Waals surface area contributed by atoms with Gasteiger partial charge in [0.15, 0.2) is 6.54 Å². The fourth-order valence-corrected chi connectivity index (χ4v) is 2.94. The summed E-state index contributed by atoms with van der Waals surface area (Å²) in [5.41, 5.74) is 0.432. The summed E-state index contributed by atoms with van der Waals surface area (Å²) in [4.78, 5) is 14.6. The van der Waals surface area contributed by atoms with Crippen LogP contribution in [-0.2, 0) is 4.79 Å². The number of hydrogen-bond donors (Lipinski definition) is 3. The van der Waals surface area contributed by atoms with Crippen molar-refractivity contribution in [1.82, 2.24) is 0 Å². The van der Waals surface area contributed by atoms with Gasteiger partial charge in [0, 0.05) is 5.69 Å². The van der Waals surface area contributed by atoms with Gasteiger partial charge < -0.3 is 19.9 Å². The van der Waals surface area contributed by atoms with Crippen LogP contribution in [-0.4, -0.2) is 51.5 Å². The molecule has 1 aromatic rings. The molecule has 5 nitrogen and oxygen atoms in total. The molecular weight excluding hydrogens is 359 g/mol. The van der Waals surface area contributed by atoms with Crippen LogP contribution in [0.15, 0.2) is 35.9 Å². The summed E-state index contributed by atoms with van der Waals surface area (Å²) < 4.78 is 40.1. The zero-order valence-corrected chi connectivity index (χ0v) is 14.3. The van der Waals surface area contributed by atoms with Crippen molar-refractivity contribution in [2.75, 3.05) is 44.6 Å². The summed E-state index contributed by atoms with van der Waals surface area (Å²) in [6, 6.07) is 5.08. The summed E-state index contributed by atoms with van der Waals surface area (Å²) in [5.74, 6) is -0.499. The van der Waals surface area contributed by atoms with Crippen LogP contribution in [0.1, 0.15) is 0 Å². The molecule has 138 valence electrons. The van der Waals surface area contributed by atoms with Gasteiger partial charge in [0.05, 0.1) is 5.03 Å². The maximum Gasteiger partial charge on any atom is 0.573 e. The monoisotopic (exact) mass is 379 g/mol. The van der Waals surface area contributed by atoms with Crippen molar-refractivity contribution in [2.45, 2.75) is 6.36 Å². The van der Waals surface area contributed by atoms with Gasteiger partial charge in [-0.05, 0) is 24.3 Å². The largest absolute Gasteiger partial charge is 0.573 e.